The number of rotatable bonds is 5. The SMILES string of the molecule is CN(CC(=O)N1CCNCC1)S(=O)(=O)c1c(F)cccc1[N+](=O)[O-]. The van der Waals surface area contributed by atoms with Gasteiger partial charge in [-0.2, -0.15) is 4.31 Å². The van der Waals surface area contributed by atoms with Gasteiger partial charge in [0, 0.05) is 39.3 Å². The standard InChI is InChI=1S/C13H17FN4O5S/c1-16(9-12(19)17-7-5-15-6-8-17)24(22,23)13-10(14)3-2-4-11(13)18(20)21/h2-4,15H,5-9H2,1H3. The maximum absolute atomic E-state index is 13.9. The second-order valence-electron chi connectivity index (χ2n) is 5.24. The molecular formula is C13H17FN4O5S. The number of nitro groups is 1. The van der Waals surface area contributed by atoms with Crippen molar-refractivity contribution < 1.29 is 22.5 Å². The number of halogens is 1. The molecule has 0 spiro atoms. The summed E-state index contributed by atoms with van der Waals surface area (Å²) in [6.45, 7) is 1.55. The van der Waals surface area contributed by atoms with Crippen molar-refractivity contribution in [2.24, 2.45) is 0 Å². The van der Waals surface area contributed by atoms with Crippen LogP contribution in [0.1, 0.15) is 0 Å². The van der Waals surface area contributed by atoms with Crippen LogP contribution in [0.2, 0.25) is 0 Å². The van der Waals surface area contributed by atoms with Gasteiger partial charge in [0.1, 0.15) is 5.82 Å². The largest absolute Gasteiger partial charge is 0.339 e. The molecule has 0 aliphatic carbocycles. The van der Waals surface area contributed by atoms with Gasteiger partial charge in [-0.1, -0.05) is 6.07 Å². The minimum Gasteiger partial charge on any atom is -0.339 e. The molecule has 1 saturated heterocycles. The van der Waals surface area contributed by atoms with Crippen LogP contribution in [0.4, 0.5) is 10.1 Å². The third-order valence-electron chi connectivity index (χ3n) is 3.64. The number of benzene rings is 1. The number of hydrogen-bond donors (Lipinski definition) is 1. The first-order valence-corrected chi connectivity index (χ1v) is 8.57. The van der Waals surface area contributed by atoms with E-state index in [1.807, 2.05) is 0 Å². The Morgan fingerprint density at radius 2 is 2.04 bits per heavy atom. The molecule has 132 valence electrons. The number of piperazine rings is 1. The molecule has 2 rings (SSSR count). The van der Waals surface area contributed by atoms with Gasteiger partial charge >= 0.3 is 0 Å². The molecule has 0 saturated carbocycles. The average Bonchev–Trinajstić information content (AvgIpc) is 2.54. The van der Waals surface area contributed by atoms with Crippen molar-refractivity contribution in [3.63, 3.8) is 0 Å². The number of nitrogens with zero attached hydrogens (tertiary/aromatic N) is 3. The van der Waals surface area contributed by atoms with Crippen LogP contribution in [-0.4, -0.2) is 68.2 Å². The molecule has 1 aromatic rings. The molecule has 0 radical (unpaired) electrons. The van der Waals surface area contributed by atoms with Gasteiger partial charge in [0.2, 0.25) is 5.91 Å². The predicted octanol–water partition coefficient (Wildman–Crippen LogP) is -0.214. The number of hydrogen-bond acceptors (Lipinski definition) is 6. The lowest BCUT2D eigenvalue weighted by Gasteiger charge is -2.29. The van der Waals surface area contributed by atoms with Crippen molar-refractivity contribution in [1.29, 1.82) is 0 Å². The monoisotopic (exact) mass is 360 g/mol. The molecule has 1 aliphatic rings. The summed E-state index contributed by atoms with van der Waals surface area (Å²) in [7, 11) is -3.44. The van der Waals surface area contributed by atoms with Crippen LogP contribution in [-0.2, 0) is 14.8 Å². The van der Waals surface area contributed by atoms with Crippen LogP contribution in [0, 0.1) is 15.9 Å². The van der Waals surface area contributed by atoms with Crippen molar-refractivity contribution in [2.75, 3.05) is 39.8 Å². The second-order valence-corrected chi connectivity index (χ2v) is 7.22. The van der Waals surface area contributed by atoms with E-state index in [0.29, 0.717) is 30.5 Å². The first-order chi connectivity index (χ1) is 11.2. The van der Waals surface area contributed by atoms with E-state index < -0.39 is 43.8 Å². The van der Waals surface area contributed by atoms with Crippen molar-refractivity contribution in [1.82, 2.24) is 14.5 Å². The highest BCUT2D eigenvalue weighted by Gasteiger charge is 2.34. The van der Waals surface area contributed by atoms with Crippen LogP contribution in [0.25, 0.3) is 0 Å². The highest BCUT2D eigenvalue weighted by molar-refractivity contribution is 7.89. The Kier molecular flexibility index (Phi) is 5.47. The summed E-state index contributed by atoms with van der Waals surface area (Å²) in [5.41, 5.74) is -0.864. The Hall–Kier alpha value is -2.11. The van der Waals surface area contributed by atoms with E-state index in [9.17, 15) is 27.7 Å². The van der Waals surface area contributed by atoms with Gasteiger partial charge in [0.05, 0.1) is 11.5 Å². The summed E-state index contributed by atoms with van der Waals surface area (Å²) in [5.74, 6) is -1.67. The number of carbonyl (C=O) groups is 1. The Morgan fingerprint density at radius 3 is 2.62 bits per heavy atom. The highest BCUT2D eigenvalue weighted by Crippen LogP contribution is 2.28. The molecule has 1 amide bonds. The third-order valence-corrected chi connectivity index (χ3v) is 5.51. The zero-order chi connectivity index (χ0) is 17.9. The van der Waals surface area contributed by atoms with Crippen LogP contribution in [0.3, 0.4) is 0 Å². The lowest BCUT2D eigenvalue weighted by Crippen LogP contribution is -2.49. The van der Waals surface area contributed by atoms with E-state index >= 15 is 0 Å². The maximum Gasteiger partial charge on any atom is 0.292 e. The van der Waals surface area contributed by atoms with Gasteiger partial charge in [-0.3, -0.25) is 14.9 Å². The fraction of sp³-hybridized carbons (Fsp3) is 0.462. The van der Waals surface area contributed by atoms with Crippen LogP contribution in [0.15, 0.2) is 23.1 Å². The summed E-state index contributed by atoms with van der Waals surface area (Å²) in [4.78, 5) is 22.6. The molecule has 1 aliphatic heterocycles. The summed E-state index contributed by atoms with van der Waals surface area (Å²) in [6, 6.07) is 2.78. The quantitative estimate of drug-likeness (QED) is 0.574. The topological polar surface area (TPSA) is 113 Å². The van der Waals surface area contributed by atoms with Crippen molar-refractivity contribution >= 4 is 21.6 Å². The number of sulfonamides is 1. The zero-order valence-corrected chi connectivity index (χ0v) is 13.8. The first kappa shape index (κ1) is 18.2. The van der Waals surface area contributed by atoms with E-state index in [-0.39, 0.29) is 0 Å². The molecule has 1 fully saturated rings. The van der Waals surface area contributed by atoms with Gasteiger partial charge < -0.3 is 10.2 Å². The lowest BCUT2D eigenvalue weighted by atomic mass is 10.3. The molecule has 1 aromatic carbocycles. The van der Waals surface area contributed by atoms with Gasteiger partial charge in [0.15, 0.2) is 4.90 Å². The molecule has 1 heterocycles. The molecule has 0 unspecified atom stereocenters. The normalized spacial score (nSPS) is 15.5. The predicted molar refractivity (Wildman–Crippen MR) is 82.3 cm³/mol. The number of nitrogens with one attached hydrogen (secondary N) is 1. The Morgan fingerprint density at radius 1 is 1.42 bits per heavy atom. The van der Waals surface area contributed by atoms with Gasteiger partial charge in [-0.15, -0.1) is 0 Å². The van der Waals surface area contributed by atoms with E-state index in [4.69, 9.17) is 0 Å². The third kappa shape index (κ3) is 3.68. The van der Waals surface area contributed by atoms with E-state index in [1.54, 1.807) is 0 Å². The average molecular weight is 360 g/mol. The fourth-order valence-electron chi connectivity index (χ4n) is 2.34. The Bertz CT molecular complexity index is 749. The number of amides is 1. The maximum atomic E-state index is 13.9. The van der Waals surface area contributed by atoms with Gasteiger partial charge in [-0.25, -0.2) is 12.8 Å². The van der Waals surface area contributed by atoms with E-state index in [1.165, 1.54) is 4.90 Å². The van der Waals surface area contributed by atoms with Crippen LogP contribution >= 0.6 is 0 Å². The molecule has 0 aromatic heterocycles. The van der Waals surface area contributed by atoms with Crippen LogP contribution < -0.4 is 5.32 Å². The van der Waals surface area contributed by atoms with Gasteiger partial charge in [0.25, 0.3) is 15.7 Å². The molecule has 1 N–H and O–H groups in total. The summed E-state index contributed by atoms with van der Waals surface area (Å²) >= 11 is 0. The van der Waals surface area contributed by atoms with E-state index in [0.717, 1.165) is 25.2 Å². The minimum atomic E-state index is -4.53. The van der Waals surface area contributed by atoms with Gasteiger partial charge in [-0.05, 0) is 6.07 Å². The second kappa shape index (κ2) is 7.20. The first-order valence-electron chi connectivity index (χ1n) is 7.13. The molecule has 11 heteroatoms. The summed E-state index contributed by atoms with van der Waals surface area (Å²) in [6.07, 6.45) is 0. The molecule has 24 heavy (non-hydrogen) atoms. The summed E-state index contributed by atoms with van der Waals surface area (Å²) < 4.78 is 39.6. The van der Waals surface area contributed by atoms with E-state index in [2.05, 4.69) is 5.32 Å². The van der Waals surface area contributed by atoms with Crippen LogP contribution in [0.5, 0.6) is 0 Å². The number of carbonyl (C=O) groups excluding carboxylic acids is 1. The fourth-order valence-corrected chi connectivity index (χ4v) is 3.66. The summed E-state index contributed by atoms with van der Waals surface area (Å²) in [5, 5.41) is 14.0. The minimum absolute atomic E-state index is 0.437. The van der Waals surface area contributed by atoms with Crippen molar-refractivity contribution in [3.05, 3.63) is 34.1 Å². The molecule has 9 nitrogen and oxygen atoms in total. The number of nitro benzene ring substituents is 1. The van der Waals surface area contributed by atoms with Crippen molar-refractivity contribution in [3.8, 4) is 0 Å². The lowest BCUT2D eigenvalue weighted by molar-refractivity contribution is -0.388. The van der Waals surface area contributed by atoms with Crippen molar-refractivity contribution in [2.45, 2.75) is 4.90 Å². The highest BCUT2D eigenvalue weighted by atomic mass is 32.2. The molecule has 0 bridgehead atoms. The molecular weight excluding hydrogens is 343 g/mol. The molecule has 0 atom stereocenters. The Labute approximate surface area is 138 Å². The number of likely N-dealkylation sites (N-methyl/N-ethyl adjacent to an activating group) is 1. The smallest absolute Gasteiger partial charge is 0.292 e. The Balaban J connectivity index is 2.27. The zero-order valence-electron chi connectivity index (χ0n) is 12.9.